The molecule has 0 heterocycles. The summed E-state index contributed by atoms with van der Waals surface area (Å²) in [5.74, 6) is -2.13. The van der Waals surface area contributed by atoms with E-state index in [1.54, 1.807) is 0 Å². The van der Waals surface area contributed by atoms with Crippen LogP contribution in [0.2, 0.25) is 0 Å². The Bertz CT molecular complexity index is 488. The van der Waals surface area contributed by atoms with Gasteiger partial charge >= 0.3 is 12.3 Å². The van der Waals surface area contributed by atoms with Crippen LogP contribution in [0, 0.1) is 0 Å². The number of ether oxygens (including phenoxy) is 1. The molecule has 0 bridgehead atoms. The van der Waals surface area contributed by atoms with Gasteiger partial charge in [-0.25, -0.2) is 0 Å². The first-order valence-electron chi connectivity index (χ1n) is 5.60. The Balaban J connectivity index is 2.59. The molecule has 0 saturated carbocycles. The summed E-state index contributed by atoms with van der Waals surface area (Å²) in [6, 6.07) is 5.46. The number of hydrogen-bond acceptors (Lipinski definition) is 3. The SMILES string of the molecule is O=C(O)CNC(=O)CCc1ccccc1OC(F)(F)F. The average molecular weight is 291 g/mol. The number of hydrogen-bond donors (Lipinski definition) is 2. The van der Waals surface area contributed by atoms with E-state index in [1.165, 1.54) is 18.2 Å². The topological polar surface area (TPSA) is 75.6 Å². The lowest BCUT2D eigenvalue weighted by molar-refractivity contribution is -0.274. The number of alkyl halides is 3. The summed E-state index contributed by atoms with van der Waals surface area (Å²) in [7, 11) is 0. The minimum atomic E-state index is -4.80. The number of rotatable bonds is 6. The molecule has 0 atom stereocenters. The molecule has 1 rings (SSSR count). The van der Waals surface area contributed by atoms with Crippen molar-refractivity contribution in [2.45, 2.75) is 19.2 Å². The van der Waals surface area contributed by atoms with Crippen molar-refractivity contribution in [1.82, 2.24) is 5.32 Å². The zero-order chi connectivity index (χ0) is 15.2. The molecule has 0 aliphatic rings. The summed E-state index contributed by atoms with van der Waals surface area (Å²) in [6.07, 6.45) is -4.93. The van der Waals surface area contributed by atoms with Crippen LogP contribution in [-0.4, -0.2) is 29.9 Å². The highest BCUT2D eigenvalue weighted by atomic mass is 19.4. The normalized spacial score (nSPS) is 10.9. The molecule has 0 radical (unpaired) electrons. The van der Waals surface area contributed by atoms with Gasteiger partial charge in [-0.05, 0) is 18.1 Å². The first kappa shape index (κ1) is 15.8. The Morgan fingerprint density at radius 2 is 1.90 bits per heavy atom. The Labute approximate surface area is 112 Å². The van der Waals surface area contributed by atoms with E-state index in [9.17, 15) is 22.8 Å². The summed E-state index contributed by atoms with van der Waals surface area (Å²) in [5.41, 5.74) is 0.218. The molecule has 110 valence electrons. The highest BCUT2D eigenvalue weighted by Gasteiger charge is 2.31. The fourth-order valence-electron chi connectivity index (χ4n) is 1.45. The number of amides is 1. The van der Waals surface area contributed by atoms with Gasteiger partial charge in [0.25, 0.3) is 0 Å². The summed E-state index contributed by atoms with van der Waals surface area (Å²) in [4.78, 5) is 21.5. The molecule has 0 aliphatic heterocycles. The van der Waals surface area contributed by atoms with Gasteiger partial charge in [0, 0.05) is 6.42 Å². The van der Waals surface area contributed by atoms with Crippen molar-refractivity contribution in [3.8, 4) is 5.75 Å². The number of aryl methyl sites for hydroxylation is 1. The van der Waals surface area contributed by atoms with E-state index in [0.717, 1.165) is 6.07 Å². The van der Waals surface area contributed by atoms with E-state index in [4.69, 9.17) is 5.11 Å². The van der Waals surface area contributed by atoms with Gasteiger partial charge in [-0.3, -0.25) is 9.59 Å². The Morgan fingerprint density at radius 3 is 2.50 bits per heavy atom. The van der Waals surface area contributed by atoms with Crippen molar-refractivity contribution >= 4 is 11.9 Å². The summed E-state index contributed by atoms with van der Waals surface area (Å²) >= 11 is 0. The van der Waals surface area contributed by atoms with Crippen LogP contribution in [0.15, 0.2) is 24.3 Å². The molecule has 5 nitrogen and oxygen atoms in total. The van der Waals surface area contributed by atoms with Crippen LogP contribution >= 0.6 is 0 Å². The van der Waals surface area contributed by atoms with Crippen LogP contribution < -0.4 is 10.1 Å². The van der Waals surface area contributed by atoms with E-state index in [-0.39, 0.29) is 24.2 Å². The minimum Gasteiger partial charge on any atom is -0.480 e. The van der Waals surface area contributed by atoms with Gasteiger partial charge in [-0.15, -0.1) is 13.2 Å². The molecule has 1 aromatic carbocycles. The van der Waals surface area contributed by atoms with Crippen LogP contribution in [0.25, 0.3) is 0 Å². The summed E-state index contributed by atoms with van der Waals surface area (Å²) < 4.78 is 40.3. The van der Waals surface area contributed by atoms with Crippen molar-refractivity contribution in [2.24, 2.45) is 0 Å². The molecule has 0 spiro atoms. The largest absolute Gasteiger partial charge is 0.573 e. The quantitative estimate of drug-likeness (QED) is 0.836. The number of nitrogens with one attached hydrogen (secondary N) is 1. The van der Waals surface area contributed by atoms with Crippen LogP contribution in [0.5, 0.6) is 5.75 Å². The van der Waals surface area contributed by atoms with Crippen molar-refractivity contribution < 1.29 is 32.6 Å². The third-order valence-corrected chi connectivity index (χ3v) is 2.26. The van der Waals surface area contributed by atoms with Crippen LogP contribution in [0.4, 0.5) is 13.2 Å². The molecule has 0 aliphatic carbocycles. The Kier molecular flexibility index (Phi) is 5.36. The van der Waals surface area contributed by atoms with E-state index in [0.29, 0.717) is 0 Å². The molecule has 8 heteroatoms. The molecular formula is C12H12F3NO4. The molecule has 20 heavy (non-hydrogen) atoms. The standard InChI is InChI=1S/C12H12F3NO4/c13-12(14,15)20-9-4-2-1-3-8(9)5-6-10(17)16-7-11(18)19/h1-4H,5-7H2,(H,16,17)(H,18,19). The average Bonchev–Trinajstić information content (AvgIpc) is 2.33. The first-order chi connectivity index (χ1) is 9.28. The zero-order valence-electron chi connectivity index (χ0n) is 10.2. The van der Waals surface area contributed by atoms with Gasteiger partial charge in [-0.1, -0.05) is 18.2 Å². The maximum atomic E-state index is 12.2. The highest BCUT2D eigenvalue weighted by molar-refractivity contribution is 5.81. The van der Waals surface area contributed by atoms with Crippen LogP contribution in [0.1, 0.15) is 12.0 Å². The number of carbonyl (C=O) groups is 2. The van der Waals surface area contributed by atoms with Crippen molar-refractivity contribution in [3.63, 3.8) is 0 Å². The van der Waals surface area contributed by atoms with Crippen molar-refractivity contribution in [3.05, 3.63) is 29.8 Å². The number of halogens is 3. The summed E-state index contributed by atoms with van der Waals surface area (Å²) in [5, 5.41) is 10.5. The fraction of sp³-hybridized carbons (Fsp3) is 0.333. The van der Waals surface area contributed by atoms with Gasteiger partial charge < -0.3 is 15.2 Å². The predicted octanol–water partition coefficient (Wildman–Crippen LogP) is 1.72. The number of para-hydroxylation sites is 1. The molecular weight excluding hydrogens is 279 g/mol. The van der Waals surface area contributed by atoms with Gasteiger partial charge in [0.1, 0.15) is 12.3 Å². The molecule has 0 saturated heterocycles. The summed E-state index contributed by atoms with van der Waals surface area (Å²) in [6.45, 7) is -0.528. The third kappa shape index (κ3) is 6.07. The lowest BCUT2D eigenvalue weighted by atomic mass is 10.1. The van der Waals surface area contributed by atoms with E-state index in [1.807, 2.05) is 0 Å². The van der Waals surface area contributed by atoms with Gasteiger partial charge in [0.15, 0.2) is 0 Å². The monoisotopic (exact) mass is 291 g/mol. The Morgan fingerprint density at radius 1 is 1.25 bits per heavy atom. The molecule has 0 aromatic heterocycles. The number of carbonyl (C=O) groups excluding carboxylic acids is 1. The predicted molar refractivity (Wildman–Crippen MR) is 62.1 cm³/mol. The molecule has 2 N–H and O–H groups in total. The second-order valence-corrected chi connectivity index (χ2v) is 3.83. The molecule has 1 aromatic rings. The second kappa shape index (κ2) is 6.78. The smallest absolute Gasteiger partial charge is 0.480 e. The molecule has 1 amide bonds. The lowest BCUT2D eigenvalue weighted by Crippen LogP contribution is -2.29. The van der Waals surface area contributed by atoms with Gasteiger partial charge in [-0.2, -0.15) is 0 Å². The van der Waals surface area contributed by atoms with E-state index >= 15 is 0 Å². The van der Waals surface area contributed by atoms with Crippen LogP contribution in [-0.2, 0) is 16.0 Å². The van der Waals surface area contributed by atoms with Crippen molar-refractivity contribution in [2.75, 3.05) is 6.54 Å². The molecule has 0 fully saturated rings. The first-order valence-corrected chi connectivity index (χ1v) is 5.60. The Hall–Kier alpha value is -2.25. The lowest BCUT2D eigenvalue weighted by Gasteiger charge is -2.12. The van der Waals surface area contributed by atoms with E-state index < -0.39 is 24.8 Å². The van der Waals surface area contributed by atoms with E-state index in [2.05, 4.69) is 10.1 Å². The number of benzene rings is 1. The maximum Gasteiger partial charge on any atom is 0.573 e. The van der Waals surface area contributed by atoms with Gasteiger partial charge in [0.2, 0.25) is 5.91 Å². The highest BCUT2D eigenvalue weighted by Crippen LogP contribution is 2.26. The van der Waals surface area contributed by atoms with Crippen LogP contribution in [0.3, 0.4) is 0 Å². The number of carboxylic acid groups (broad SMARTS) is 1. The fourth-order valence-corrected chi connectivity index (χ4v) is 1.45. The third-order valence-electron chi connectivity index (χ3n) is 2.26. The minimum absolute atomic E-state index is 0.0116. The van der Waals surface area contributed by atoms with Crippen molar-refractivity contribution in [1.29, 1.82) is 0 Å². The maximum absolute atomic E-state index is 12.2. The second-order valence-electron chi connectivity index (χ2n) is 3.83. The molecule has 0 unspecified atom stereocenters. The zero-order valence-corrected chi connectivity index (χ0v) is 10.2. The number of aliphatic carboxylic acids is 1. The number of carboxylic acids is 1. The van der Waals surface area contributed by atoms with Gasteiger partial charge in [0.05, 0.1) is 0 Å².